The molecule has 0 saturated heterocycles. The van der Waals surface area contributed by atoms with Gasteiger partial charge in [0.25, 0.3) is 0 Å². The van der Waals surface area contributed by atoms with Crippen molar-refractivity contribution in [1.82, 2.24) is 5.32 Å². The fraction of sp³-hybridized carbons (Fsp3) is 0.944. The van der Waals surface area contributed by atoms with E-state index in [1.54, 1.807) is 0 Å². The minimum Gasteiger partial charge on any atom is -0.320 e. The molecule has 37 heavy (non-hydrogen) atoms. The number of rotatable bonds is 19. The Balaban J connectivity index is -0.0000000912. The quantitative estimate of drug-likeness (QED) is 0.129. The molecule has 0 rings (SSSR count). The van der Waals surface area contributed by atoms with Gasteiger partial charge in [-0.15, -0.1) is 6.58 Å². The average molecular weight is 530 g/mol. The summed E-state index contributed by atoms with van der Waals surface area (Å²) in [6.45, 7) is 28.7. The van der Waals surface area contributed by atoms with Crippen molar-refractivity contribution in [2.75, 3.05) is 13.6 Å². The molecule has 0 heterocycles. The number of hydrogen-bond acceptors (Lipinski definition) is 1. The van der Waals surface area contributed by atoms with Gasteiger partial charge in [-0.2, -0.15) is 0 Å². The van der Waals surface area contributed by atoms with Crippen LogP contribution in [-0.2, 0) is 0 Å². The Morgan fingerprint density at radius 3 is 1.32 bits per heavy atom. The lowest BCUT2D eigenvalue weighted by atomic mass is 9.94. The average Bonchev–Trinajstić information content (AvgIpc) is 2.92. The molecular weight excluding hydrogens is 446 g/mol. The predicted molar refractivity (Wildman–Crippen MR) is 182 cm³/mol. The molecule has 0 aromatic heterocycles. The lowest BCUT2D eigenvalue weighted by molar-refractivity contribution is 0.410. The van der Waals surface area contributed by atoms with Crippen LogP contribution in [0.5, 0.6) is 0 Å². The third kappa shape index (κ3) is 86.1. The molecule has 0 aliphatic rings. The van der Waals surface area contributed by atoms with E-state index in [1.165, 1.54) is 135 Å². The largest absolute Gasteiger partial charge is 0.320 e. The van der Waals surface area contributed by atoms with Crippen molar-refractivity contribution in [2.24, 2.45) is 5.92 Å². The molecule has 1 nitrogen and oxygen atoms in total. The lowest BCUT2D eigenvalue weighted by Crippen LogP contribution is -2.06. The molecule has 0 aromatic rings. The zero-order valence-corrected chi connectivity index (χ0v) is 29.2. The van der Waals surface area contributed by atoms with Gasteiger partial charge in [0.1, 0.15) is 0 Å². The third-order valence-electron chi connectivity index (χ3n) is 5.58. The van der Waals surface area contributed by atoms with Crippen molar-refractivity contribution in [3.05, 3.63) is 12.7 Å². The summed E-state index contributed by atoms with van der Waals surface area (Å²) in [5.74, 6) is 1.02. The molecule has 0 aliphatic carbocycles. The van der Waals surface area contributed by atoms with Crippen LogP contribution in [0.4, 0.5) is 0 Å². The summed E-state index contributed by atoms with van der Waals surface area (Å²) < 4.78 is 0. The van der Waals surface area contributed by atoms with E-state index in [0.29, 0.717) is 0 Å². The second-order valence-electron chi connectivity index (χ2n) is 9.98. The minimum atomic E-state index is 1.02. The molecule has 1 heteroatoms. The van der Waals surface area contributed by atoms with Gasteiger partial charge in [-0.3, -0.25) is 0 Å². The van der Waals surface area contributed by atoms with Crippen LogP contribution in [0.25, 0.3) is 0 Å². The van der Waals surface area contributed by atoms with Crippen molar-refractivity contribution in [3.8, 4) is 0 Å². The van der Waals surface area contributed by atoms with E-state index in [-0.39, 0.29) is 0 Å². The van der Waals surface area contributed by atoms with Crippen molar-refractivity contribution < 1.29 is 0 Å². The molecule has 1 atom stereocenters. The molecule has 0 bridgehead atoms. The Hall–Kier alpha value is -0.300. The highest BCUT2D eigenvalue weighted by molar-refractivity contribution is 4.65. The van der Waals surface area contributed by atoms with Crippen LogP contribution in [0.15, 0.2) is 12.7 Å². The van der Waals surface area contributed by atoms with Crippen molar-refractivity contribution >= 4 is 0 Å². The van der Waals surface area contributed by atoms with E-state index < -0.39 is 0 Å². The van der Waals surface area contributed by atoms with Gasteiger partial charge in [0, 0.05) is 0 Å². The van der Waals surface area contributed by atoms with Crippen LogP contribution in [-0.4, -0.2) is 13.6 Å². The van der Waals surface area contributed by atoms with E-state index in [9.17, 15) is 0 Å². The fourth-order valence-electron chi connectivity index (χ4n) is 3.29. The van der Waals surface area contributed by atoms with E-state index in [0.717, 1.165) is 5.92 Å². The van der Waals surface area contributed by atoms with Gasteiger partial charge in [0.05, 0.1) is 0 Å². The Labute approximate surface area is 241 Å². The van der Waals surface area contributed by atoms with E-state index >= 15 is 0 Å². The topological polar surface area (TPSA) is 12.0 Å². The van der Waals surface area contributed by atoms with Crippen LogP contribution < -0.4 is 5.32 Å². The standard InChI is InChI=1S/C12H25N.C12H26.C4H10.2C3H8.C2H6/c1-3-4-5-6-7-8-9-10-11-12-13-2;1-4-7-8-9-11-12(6-3)10-5-2;1-3-4-2;2*1-3-2;1-2/h3,13H,1,4-12H2,2H3;12H,4-11H2,1-3H3;3-4H2,1-2H3;2*3H2,1-2H3;1-2H3. The molecule has 0 aliphatic heterocycles. The Bertz CT molecular complexity index is 270. The molecule has 0 fully saturated rings. The summed E-state index contributed by atoms with van der Waals surface area (Å²) in [5.41, 5.74) is 0. The molecular formula is C36H83N. The van der Waals surface area contributed by atoms with Gasteiger partial charge in [0.2, 0.25) is 0 Å². The van der Waals surface area contributed by atoms with Crippen molar-refractivity contribution in [1.29, 1.82) is 0 Å². The number of unbranched alkanes of at least 4 members (excludes halogenated alkanes) is 11. The molecule has 0 aromatic carbocycles. The van der Waals surface area contributed by atoms with Gasteiger partial charge in [-0.25, -0.2) is 0 Å². The second-order valence-corrected chi connectivity index (χ2v) is 9.98. The molecule has 0 radical (unpaired) electrons. The predicted octanol–water partition coefficient (Wildman–Crippen LogP) is 14.0. The summed E-state index contributed by atoms with van der Waals surface area (Å²) in [6, 6.07) is 0. The SMILES string of the molecule is C=CCCCCCCCCCNC.CC.CCC.CCC.CCCC.CCCCCCC(CC)CCC. The third-order valence-corrected chi connectivity index (χ3v) is 5.58. The van der Waals surface area contributed by atoms with Gasteiger partial charge in [0.15, 0.2) is 0 Å². The van der Waals surface area contributed by atoms with E-state index in [4.69, 9.17) is 0 Å². The maximum absolute atomic E-state index is 3.72. The van der Waals surface area contributed by atoms with Crippen LogP contribution in [0.1, 0.15) is 205 Å². The van der Waals surface area contributed by atoms with Crippen LogP contribution in [0, 0.1) is 5.92 Å². The summed E-state index contributed by atoms with van der Waals surface area (Å²) >= 11 is 0. The Kier molecular flexibility index (Phi) is 87.3. The first-order valence-corrected chi connectivity index (χ1v) is 17.3. The highest BCUT2D eigenvalue weighted by Gasteiger charge is 2.03. The van der Waals surface area contributed by atoms with E-state index in [2.05, 4.69) is 74.2 Å². The Morgan fingerprint density at radius 1 is 0.541 bits per heavy atom. The normalized spacial score (nSPS) is 9.84. The van der Waals surface area contributed by atoms with Gasteiger partial charge >= 0.3 is 0 Å². The molecule has 1 N–H and O–H groups in total. The van der Waals surface area contributed by atoms with Gasteiger partial charge < -0.3 is 5.32 Å². The highest BCUT2D eigenvalue weighted by Crippen LogP contribution is 2.18. The summed E-state index contributed by atoms with van der Waals surface area (Å²) in [7, 11) is 2.02. The summed E-state index contributed by atoms with van der Waals surface area (Å²) in [4.78, 5) is 0. The molecule has 232 valence electrons. The molecule has 0 saturated carbocycles. The molecule has 0 amide bonds. The highest BCUT2D eigenvalue weighted by atomic mass is 14.8. The number of allylic oxidation sites excluding steroid dienone is 1. The van der Waals surface area contributed by atoms with Crippen LogP contribution >= 0.6 is 0 Å². The van der Waals surface area contributed by atoms with Crippen LogP contribution in [0.2, 0.25) is 0 Å². The lowest BCUT2D eigenvalue weighted by Gasteiger charge is -2.12. The monoisotopic (exact) mass is 530 g/mol. The second kappa shape index (κ2) is 65.1. The molecule has 1 unspecified atom stereocenters. The summed E-state index contributed by atoms with van der Waals surface area (Å²) in [5, 5.41) is 3.18. The van der Waals surface area contributed by atoms with Crippen LogP contribution in [0.3, 0.4) is 0 Å². The van der Waals surface area contributed by atoms with Gasteiger partial charge in [-0.05, 0) is 38.8 Å². The Morgan fingerprint density at radius 2 is 0.973 bits per heavy atom. The zero-order chi connectivity index (χ0) is 29.8. The number of hydrogen-bond donors (Lipinski definition) is 1. The fourth-order valence-corrected chi connectivity index (χ4v) is 3.29. The first-order chi connectivity index (χ1) is 18.0. The number of nitrogens with one attached hydrogen (secondary N) is 1. The maximum Gasteiger partial charge on any atom is -0.00519 e. The van der Waals surface area contributed by atoms with Crippen molar-refractivity contribution in [2.45, 2.75) is 205 Å². The van der Waals surface area contributed by atoms with Gasteiger partial charge in [-0.1, -0.05) is 191 Å². The smallest absolute Gasteiger partial charge is 0.00519 e. The summed E-state index contributed by atoms with van der Waals surface area (Å²) in [6.07, 6.45) is 29.4. The van der Waals surface area contributed by atoms with Crippen molar-refractivity contribution in [3.63, 3.8) is 0 Å². The maximum atomic E-state index is 3.72. The molecule has 0 spiro atoms. The van der Waals surface area contributed by atoms with E-state index in [1.807, 2.05) is 27.0 Å². The first kappa shape index (κ1) is 49.6. The minimum absolute atomic E-state index is 1.02. The zero-order valence-electron chi connectivity index (χ0n) is 29.2. The first-order valence-electron chi connectivity index (χ1n) is 17.3.